The van der Waals surface area contributed by atoms with Gasteiger partial charge in [-0.05, 0) is 41.3 Å². The van der Waals surface area contributed by atoms with Crippen LogP contribution in [0.2, 0.25) is 0 Å². The van der Waals surface area contributed by atoms with Crippen LogP contribution in [0.5, 0.6) is 5.75 Å². The summed E-state index contributed by atoms with van der Waals surface area (Å²) in [7, 11) is 0. The second-order valence-electron chi connectivity index (χ2n) is 6.83. The maximum absolute atomic E-state index is 12.4. The van der Waals surface area contributed by atoms with Crippen LogP contribution in [0.4, 0.5) is 5.82 Å². The summed E-state index contributed by atoms with van der Waals surface area (Å²) in [5, 5.41) is 13.5. The molecule has 0 atom stereocenters. The number of aromatic nitrogens is 1. The minimum atomic E-state index is -0.224. The molecule has 0 spiro atoms. The summed E-state index contributed by atoms with van der Waals surface area (Å²) >= 11 is 0. The van der Waals surface area contributed by atoms with E-state index in [-0.39, 0.29) is 17.1 Å². The fourth-order valence-corrected chi connectivity index (χ4v) is 2.51. The van der Waals surface area contributed by atoms with Gasteiger partial charge in [0.25, 0.3) is 5.91 Å². The van der Waals surface area contributed by atoms with Gasteiger partial charge in [0.2, 0.25) is 0 Å². The molecule has 3 rings (SSSR count). The largest absolute Gasteiger partial charge is 0.506 e. The second kappa shape index (κ2) is 5.96. The monoisotopic (exact) mass is 320 g/mol. The number of amides is 1. The van der Waals surface area contributed by atoms with Crippen LogP contribution in [0.3, 0.4) is 0 Å². The summed E-state index contributed by atoms with van der Waals surface area (Å²) in [6.07, 6.45) is 0. The van der Waals surface area contributed by atoms with Gasteiger partial charge < -0.3 is 10.4 Å². The Balaban J connectivity index is 1.83. The van der Waals surface area contributed by atoms with Crippen LogP contribution in [0.25, 0.3) is 10.9 Å². The van der Waals surface area contributed by atoms with E-state index in [4.69, 9.17) is 0 Å². The molecule has 3 aromatic rings. The van der Waals surface area contributed by atoms with Crippen LogP contribution in [-0.2, 0) is 5.41 Å². The number of hydrogen-bond donors (Lipinski definition) is 2. The molecule has 1 aromatic heterocycles. The van der Waals surface area contributed by atoms with Crippen LogP contribution in [0.1, 0.15) is 36.7 Å². The Morgan fingerprint density at radius 3 is 2.38 bits per heavy atom. The van der Waals surface area contributed by atoms with Crippen molar-refractivity contribution in [2.24, 2.45) is 0 Å². The molecule has 122 valence electrons. The molecule has 0 fully saturated rings. The number of carbonyl (C=O) groups excluding carboxylic acids is 1. The van der Waals surface area contributed by atoms with Crippen molar-refractivity contribution in [3.05, 3.63) is 65.7 Å². The lowest BCUT2D eigenvalue weighted by molar-refractivity contribution is 0.102. The maximum Gasteiger partial charge on any atom is 0.256 e. The molecular formula is C20H20N2O2. The Hall–Kier alpha value is -2.88. The van der Waals surface area contributed by atoms with E-state index in [1.165, 1.54) is 5.56 Å². The number of rotatable bonds is 2. The Morgan fingerprint density at radius 2 is 1.71 bits per heavy atom. The zero-order valence-electron chi connectivity index (χ0n) is 14.0. The summed E-state index contributed by atoms with van der Waals surface area (Å²) in [6, 6.07) is 16.3. The second-order valence-corrected chi connectivity index (χ2v) is 6.83. The van der Waals surface area contributed by atoms with E-state index in [0.29, 0.717) is 16.9 Å². The van der Waals surface area contributed by atoms with Crippen LogP contribution in [-0.4, -0.2) is 16.0 Å². The third-order valence-electron chi connectivity index (χ3n) is 3.95. The van der Waals surface area contributed by atoms with Crippen molar-refractivity contribution in [2.45, 2.75) is 26.2 Å². The number of pyridine rings is 1. The third kappa shape index (κ3) is 3.23. The van der Waals surface area contributed by atoms with Crippen molar-refractivity contribution in [1.82, 2.24) is 4.98 Å². The number of anilines is 1. The molecular weight excluding hydrogens is 300 g/mol. The van der Waals surface area contributed by atoms with Crippen molar-refractivity contribution in [3.63, 3.8) is 0 Å². The van der Waals surface area contributed by atoms with E-state index >= 15 is 0 Å². The highest BCUT2D eigenvalue weighted by Gasteiger charge is 2.14. The number of aromatic hydroxyl groups is 1. The predicted octanol–water partition coefficient (Wildman–Crippen LogP) is 4.49. The van der Waals surface area contributed by atoms with Gasteiger partial charge in [0.1, 0.15) is 17.1 Å². The molecule has 1 amide bonds. The van der Waals surface area contributed by atoms with E-state index in [1.807, 2.05) is 36.4 Å². The normalized spacial score (nSPS) is 11.5. The van der Waals surface area contributed by atoms with Gasteiger partial charge in [-0.25, -0.2) is 4.98 Å². The number of phenolic OH excluding ortho intramolecular Hbond substituents is 1. The van der Waals surface area contributed by atoms with Crippen LogP contribution >= 0.6 is 0 Å². The van der Waals surface area contributed by atoms with Crippen molar-refractivity contribution < 1.29 is 9.90 Å². The first-order valence-electron chi connectivity index (χ1n) is 7.85. The van der Waals surface area contributed by atoms with E-state index in [0.717, 1.165) is 5.39 Å². The lowest BCUT2D eigenvalue weighted by Gasteiger charge is -2.19. The average molecular weight is 320 g/mol. The van der Waals surface area contributed by atoms with Crippen molar-refractivity contribution in [3.8, 4) is 5.75 Å². The number of para-hydroxylation sites is 1. The maximum atomic E-state index is 12.4. The standard InChI is InChI=1S/C20H20N2O2/c1-20(2,3)15-10-7-14(8-11-15)19(24)22-17-12-9-13-5-4-6-16(23)18(13)21-17/h4-12,23H,1-3H3,(H,21,22,24). The topological polar surface area (TPSA) is 62.2 Å². The Bertz CT molecular complexity index is 894. The van der Waals surface area contributed by atoms with Gasteiger partial charge in [-0.3, -0.25) is 4.79 Å². The van der Waals surface area contributed by atoms with E-state index in [2.05, 4.69) is 31.1 Å². The van der Waals surface area contributed by atoms with E-state index < -0.39 is 0 Å². The van der Waals surface area contributed by atoms with Gasteiger partial charge in [-0.1, -0.05) is 45.0 Å². The Labute approximate surface area is 141 Å². The minimum Gasteiger partial charge on any atom is -0.506 e. The summed E-state index contributed by atoms with van der Waals surface area (Å²) in [5.74, 6) is 0.282. The molecule has 0 aliphatic carbocycles. The summed E-state index contributed by atoms with van der Waals surface area (Å²) in [4.78, 5) is 16.7. The zero-order chi connectivity index (χ0) is 17.3. The van der Waals surface area contributed by atoms with E-state index in [9.17, 15) is 9.90 Å². The highest BCUT2D eigenvalue weighted by Crippen LogP contribution is 2.25. The molecule has 0 saturated carbocycles. The molecule has 4 nitrogen and oxygen atoms in total. The molecule has 0 unspecified atom stereocenters. The molecule has 0 radical (unpaired) electrons. The molecule has 1 heterocycles. The molecule has 0 bridgehead atoms. The third-order valence-corrected chi connectivity index (χ3v) is 3.95. The van der Waals surface area contributed by atoms with Crippen LogP contribution in [0.15, 0.2) is 54.6 Å². The number of nitrogens with zero attached hydrogens (tertiary/aromatic N) is 1. The predicted molar refractivity (Wildman–Crippen MR) is 96.5 cm³/mol. The number of nitrogens with one attached hydrogen (secondary N) is 1. The first kappa shape index (κ1) is 16.0. The van der Waals surface area contributed by atoms with Gasteiger partial charge >= 0.3 is 0 Å². The lowest BCUT2D eigenvalue weighted by Crippen LogP contribution is -2.15. The molecule has 4 heteroatoms. The number of phenols is 1. The number of benzene rings is 2. The fraction of sp³-hybridized carbons (Fsp3) is 0.200. The molecule has 0 aliphatic heterocycles. The molecule has 0 saturated heterocycles. The van der Waals surface area contributed by atoms with E-state index in [1.54, 1.807) is 18.2 Å². The van der Waals surface area contributed by atoms with Crippen molar-refractivity contribution >= 4 is 22.6 Å². The highest BCUT2D eigenvalue weighted by molar-refractivity contribution is 6.04. The first-order chi connectivity index (χ1) is 11.3. The number of fused-ring (bicyclic) bond motifs is 1. The van der Waals surface area contributed by atoms with Gasteiger partial charge in [-0.2, -0.15) is 0 Å². The molecule has 2 N–H and O–H groups in total. The Kier molecular flexibility index (Phi) is 3.97. The highest BCUT2D eigenvalue weighted by atomic mass is 16.3. The quantitative estimate of drug-likeness (QED) is 0.731. The van der Waals surface area contributed by atoms with Crippen LogP contribution < -0.4 is 5.32 Å². The van der Waals surface area contributed by atoms with Gasteiger partial charge in [-0.15, -0.1) is 0 Å². The van der Waals surface area contributed by atoms with Gasteiger partial charge in [0.15, 0.2) is 0 Å². The Morgan fingerprint density at radius 1 is 1.00 bits per heavy atom. The molecule has 24 heavy (non-hydrogen) atoms. The molecule has 0 aliphatic rings. The average Bonchev–Trinajstić information content (AvgIpc) is 2.55. The number of hydrogen-bond acceptors (Lipinski definition) is 3. The van der Waals surface area contributed by atoms with Gasteiger partial charge in [0.05, 0.1) is 0 Å². The lowest BCUT2D eigenvalue weighted by atomic mass is 9.87. The smallest absolute Gasteiger partial charge is 0.256 e. The summed E-state index contributed by atoms with van der Waals surface area (Å²) < 4.78 is 0. The summed E-state index contributed by atoms with van der Waals surface area (Å²) in [5.41, 5.74) is 2.26. The van der Waals surface area contributed by atoms with Crippen LogP contribution in [0, 0.1) is 0 Å². The summed E-state index contributed by atoms with van der Waals surface area (Å²) in [6.45, 7) is 6.40. The fourth-order valence-electron chi connectivity index (χ4n) is 2.51. The SMILES string of the molecule is CC(C)(C)c1ccc(C(=O)Nc2ccc3cccc(O)c3n2)cc1. The first-order valence-corrected chi connectivity index (χ1v) is 7.85. The van der Waals surface area contributed by atoms with Crippen molar-refractivity contribution in [2.75, 3.05) is 5.32 Å². The van der Waals surface area contributed by atoms with Gasteiger partial charge in [0, 0.05) is 10.9 Å². The zero-order valence-corrected chi connectivity index (χ0v) is 14.0. The number of carbonyl (C=O) groups is 1. The molecule has 2 aromatic carbocycles. The minimum absolute atomic E-state index is 0.0480. The van der Waals surface area contributed by atoms with Crippen molar-refractivity contribution in [1.29, 1.82) is 0 Å².